The first kappa shape index (κ1) is 18.0. The summed E-state index contributed by atoms with van der Waals surface area (Å²) in [5, 5.41) is 0. The number of hydrogen-bond acceptors (Lipinski definition) is 5. The van der Waals surface area contributed by atoms with Crippen molar-refractivity contribution in [3.8, 4) is 5.88 Å². The monoisotopic (exact) mass is 332 g/mol. The van der Waals surface area contributed by atoms with Gasteiger partial charge in [-0.3, -0.25) is 4.79 Å². The minimum atomic E-state index is -5.28. The average Bonchev–Trinajstić information content (AvgIpc) is 2.37. The van der Waals surface area contributed by atoms with Crippen molar-refractivity contribution in [3.63, 3.8) is 0 Å². The van der Waals surface area contributed by atoms with Gasteiger partial charge in [-0.15, -0.1) is 13.2 Å². The van der Waals surface area contributed by atoms with Gasteiger partial charge in [0.25, 0.3) is 0 Å². The Labute approximate surface area is 120 Å². The lowest BCUT2D eigenvalue weighted by Gasteiger charge is -2.17. The Kier molecular flexibility index (Phi) is 5.22. The highest BCUT2D eigenvalue weighted by molar-refractivity contribution is 5.73. The van der Waals surface area contributed by atoms with Crippen LogP contribution in [0.1, 0.15) is 16.8 Å². The number of rotatable bonds is 4. The molecule has 22 heavy (non-hydrogen) atoms. The van der Waals surface area contributed by atoms with Crippen LogP contribution in [-0.4, -0.2) is 24.4 Å². The summed E-state index contributed by atoms with van der Waals surface area (Å²) in [5.74, 6) is -2.36. The van der Waals surface area contributed by atoms with Crippen molar-refractivity contribution in [2.75, 3.05) is 7.11 Å². The summed E-state index contributed by atoms with van der Waals surface area (Å²) in [7, 11) is 0.965. The highest BCUT2D eigenvalue weighted by Crippen LogP contribution is 2.34. The van der Waals surface area contributed by atoms with Crippen molar-refractivity contribution in [1.29, 1.82) is 0 Å². The van der Waals surface area contributed by atoms with Gasteiger partial charge in [0.15, 0.2) is 0 Å². The number of alkyl halides is 6. The lowest BCUT2D eigenvalue weighted by Crippen LogP contribution is -2.23. The first-order valence-electron chi connectivity index (χ1n) is 5.60. The van der Waals surface area contributed by atoms with E-state index >= 15 is 0 Å². The Bertz CT molecular complexity index is 556. The third kappa shape index (κ3) is 4.76. The fraction of sp³-hybridized carbons (Fsp3) is 0.455. The number of nitrogens with two attached hydrogens (primary N) is 1. The van der Waals surface area contributed by atoms with Gasteiger partial charge in [0, 0.05) is 12.1 Å². The molecule has 0 unspecified atom stereocenters. The number of carbonyl (C=O) groups is 1. The quantitative estimate of drug-likeness (QED) is 0.676. The zero-order valence-electron chi connectivity index (χ0n) is 11.0. The van der Waals surface area contributed by atoms with Crippen LogP contribution in [0.2, 0.25) is 0 Å². The highest BCUT2D eigenvalue weighted by Gasteiger charge is 2.38. The van der Waals surface area contributed by atoms with Gasteiger partial charge in [0.05, 0.1) is 13.5 Å². The first-order valence-corrected chi connectivity index (χ1v) is 5.60. The largest absolute Gasteiger partial charge is 0.574 e. The Morgan fingerprint density at radius 2 is 1.86 bits per heavy atom. The second-order valence-electron chi connectivity index (χ2n) is 3.95. The molecule has 0 saturated heterocycles. The molecule has 0 aromatic carbocycles. The highest BCUT2D eigenvalue weighted by atomic mass is 19.4. The number of aromatic nitrogens is 1. The molecule has 0 atom stereocenters. The molecule has 1 heterocycles. The maximum atomic E-state index is 12.6. The third-order valence-electron chi connectivity index (χ3n) is 2.45. The summed E-state index contributed by atoms with van der Waals surface area (Å²) in [6.45, 7) is -0.549. The van der Waals surface area contributed by atoms with Gasteiger partial charge in [-0.1, -0.05) is 0 Å². The van der Waals surface area contributed by atoms with Gasteiger partial charge in [-0.25, -0.2) is 4.98 Å². The number of halogens is 6. The third-order valence-corrected chi connectivity index (χ3v) is 2.45. The first-order chi connectivity index (χ1) is 9.97. The Balaban J connectivity index is 3.46. The van der Waals surface area contributed by atoms with Gasteiger partial charge >= 0.3 is 18.5 Å². The number of carbonyl (C=O) groups excluding carboxylic acids is 1. The van der Waals surface area contributed by atoms with E-state index in [1.807, 2.05) is 0 Å². The molecule has 0 aliphatic carbocycles. The Morgan fingerprint density at radius 3 is 2.27 bits per heavy atom. The molecular weight excluding hydrogens is 322 g/mol. The predicted octanol–water partition coefficient (Wildman–Crippen LogP) is 2.17. The summed E-state index contributed by atoms with van der Waals surface area (Å²) in [4.78, 5) is 14.0. The van der Waals surface area contributed by atoms with Crippen molar-refractivity contribution < 1.29 is 40.6 Å². The maximum Gasteiger partial charge on any atom is 0.574 e. The molecule has 0 aliphatic rings. The van der Waals surface area contributed by atoms with Crippen LogP contribution in [0.15, 0.2) is 6.07 Å². The second-order valence-corrected chi connectivity index (χ2v) is 3.95. The molecule has 2 N–H and O–H groups in total. The molecular formula is C11H10F6N2O3. The SMILES string of the molecule is COC(=O)Cc1c(CN)cc(C(F)(F)F)nc1OC(F)(F)F. The van der Waals surface area contributed by atoms with Crippen molar-refractivity contribution >= 4 is 5.97 Å². The molecule has 0 saturated carbocycles. The van der Waals surface area contributed by atoms with Crippen LogP contribution < -0.4 is 10.5 Å². The predicted molar refractivity (Wildman–Crippen MR) is 59.5 cm³/mol. The van der Waals surface area contributed by atoms with E-state index in [9.17, 15) is 31.1 Å². The van der Waals surface area contributed by atoms with Crippen LogP contribution in [0.3, 0.4) is 0 Å². The molecule has 0 bridgehead atoms. The van der Waals surface area contributed by atoms with Crippen LogP contribution in [0.4, 0.5) is 26.3 Å². The lowest BCUT2D eigenvalue weighted by molar-refractivity contribution is -0.276. The fourth-order valence-electron chi connectivity index (χ4n) is 1.53. The van der Waals surface area contributed by atoms with Crippen molar-refractivity contribution in [3.05, 3.63) is 22.9 Å². The molecule has 0 spiro atoms. The molecule has 0 amide bonds. The van der Waals surface area contributed by atoms with E-state index in [1.54, 1.807) is 0 Å². The molecule has 0 fully saturated rings. The second kappa shape index (κ2) is 6.38. The van der Waals surface area contributed by atoms with Crippen LogP contribution in [0, 0.1) is 0 Å². The summed E-state index contributed by atoms with van der Waals surface area (Å²) in [6.07, 6.45) is -11.1. The van der Waals surface area contributed by atoms with E-state index < -0.39 is 48.6 Å². The molecule has 1 aromatic heterocycles. The minimum absolute atomic E-state index is 0.355. The summed E-state index contributed by atoms with van der Waals surface area (Å²) >= 11 is 0. The van der Waals surface area contributed by atoms with E-state index in [0.717, 1.165) is 7.11 Å². The molecule has 0 radical (unpaired) electrons. The van der Waals surface area contributed by atoms with Gasteiger partial charge in [-0.2, -0.15) is 13.2 Å². The van der Waals surface area contributed by atoms with E-state index in [-0.39, 0.29) is 5.56 Å². The number of pyridine rings is 1. The van der Waals surface area contributed by atoms with Crippen molar-refractivity contribution in [2.24, 2.45) is 5.73 Å². The van der Waals surface area contributed by atoms with E-state index in [1.165, 1.54) is 0 Å². The van der Waals surface area contributed by atoms with Crippen LogP contribution in [0.5, 0.6) is 5.88 Å². The van der Waals surface area contributed by atoms with E-state index in [4.69, 9.17) is 5.73 Å². The van der Waals surface area contributed by atoms with Gasteiger partial charge in [-0.05, 0) is 11.6 Å². The zero-order valence-corrected chi connectivity index (χ0v) is 11.0. The Hall–Kier alpha value is -2.04. The molecule has 5 nitrogen and oxygen atoms in total. The number of nitrogens with zero attached hydrogens (tertiary/aromatic N) is 1. The van der Waals surface area contributed by atoms with Crippen LogP contribution in [0.25, 0.3) is 0 Å². The summed E-state index contributed by atoms with van der Waals surface area (Å²) in [6, 6.07) is 0.460. The topological polar surface area (TPSA) is 74.4 Å². The van der Waals surface area contributed by atoms with Crippen molar-refractivity contribution in [1.82, 2.24) is 4.98 Å². The van der Waals surface area contributed by atoms with Gasteiger partial charge in [0.2, 0.25) is 5.88 Å². The Morgan fingerprint density at radius 1 is 1.27 bits per heavy atom. The minimum Gasteiger partial charge on any atom is -0.469 e. The van der Waals surface area contributed by atoms with Gasteiger partial charge < -0.3 is 15.2 Å². The summed E-state index contributed by atoms with van der Waals surface area (Å²) in [5.41, 5.74) is 2.75. The molecule has 11 heteroatoms. The van der Waals surface area contributed by atoms with Crippen LogP contribution >= 0.6 is 0 Å². The van der Waals surface area contributed by atoms with Gasteiger partial charge in [0.1, 0.15) is 5.69 Å². The number of ether oxygens (including phenoxy) is 2. The van der Waals surface area contributed by atoms with Crippen LogP contribution in [-0.2, 0) is 28.7 Å². The van der Waals surface area contributed by atoms with Crippen molar-refractivity contribution in [2.45, 2.75) is 25.5 Å². The smallest absolute Gasteiger partial charge is 0.469 e. The maximum absolute atomic E-state index is 12.6. The lowest BCUT2D eigenvalue weighted by atomic mass is 10.1. The van der Waals surface area contributed by atoms with E-state index in [2.05, 4.69) is 14.5 Å². The standard InChI is InChI=1S/C11H10F6N2O3/c1-21-8(20)3-6-5(4-18)2-7(10(12,13)14)19-9(6)22-11(15,16)17/h2H,3-4,18H2,1H3. The summed E-state index contributed by atoms with van der Waals surface area (Å²) < 4.78 is 82.6. The normalized spacial score (nSPS) is 12.2. The fourth-order valence-corrected chi connectivity index (χ4v) is 1.53. The molecule has 0 aliphatic heterocycles. The molecule has 1 aromatic rings. The van der Waals surface area contributed by atoms with E-state index in [0.29, 0.717) is 6.07 Å². The number of methoxy groups -OCH3 is 1. The number of esters is 1. The zero-order chi connectivity index (χ0) is 17.1. The molecule has 124 valence electrons. The number of hydrogen-bond donors (Lipinski definition) is 1. The molecule has 1 rings (SSSR count). The average molecular weight is 332 g/mol.